The van der Waals surface area contributed by atoms with Crippen molar-refractivity contribution in [2.75, 3.05) is 6.54 Å². The van der Waals surface area contributed by atoms with Crippen molar-refractivity contribution in [2.45, 2.75) is 25.0 Å². The number of nitrogens with one attached hydrogen (secondary N) is 1. The molecular weight excluding hydrogens is 272 g/mol. The zero-order valence-electron chi connectivity index (χ0n) is 12.4. The van der Waals surface area contributed by atoms with Crippen LogP contribution >= 0.6 is 0 Å². The van der Waals surface area contributed by atoms with Gasteiger partial charge in [0.1, 0.15) is 0 Å². The minimum Gasteiger partial charge on any atom is -0.392 e. The zero-order valence-corrected chi connectivity index (χ0v) is 12.4. The van der Waals surface area contributed by atoms with Crippen LogP contribution in [0.4, 0.5) is 0 Å². The molecule has 2 aliphatic rings. The number of allylic oxidation sites excluding steroid dienone is 1. The first kappa shape index (κ1) is 13.7. The highest BCUT2D eigenvalue weighted by Crippen LogP contribution is 2.24. The number of aliphatic hydroxyl groups is 1. The lowest BCUT2D eigenvalue weighted by molar-refractivity contribution is 0.195. The van der Waals surface area contributed by atoms with E-state index in [4.69, 9.17) is 0 Å². The van der Waals surface area contributed by atoms with Crippen molar-refractivity contribution in [3.8, 4) is 0 Å². The first-order chi connectivity index (χ1) is 10.8. The molecule has 2 heterocycles. The fourth-order valence-electron chi connectivity index (χ4n) is 3.51. The van der Waals surface area contributed by atoms with Crippen molar-refractivity contribution in [1.82, 2.24) is 5.32 Å². The van der Waals surface area contributed by atoms with E-state index in [-0.39, 0.29) is 12.1 Å². The number of rotatable bonds is 3. The normalized spacial score (nSPS) is 27.5. The molecule has 112 valence electrons. The summed E-state index contributed by atoms with van der Waals surface area (Å²) < 4.78 is 0. The average molecular weight is 292 g/mol. The summed E-state index contributed by atoms with van der Waals surface area (Å²) in [5.41, 5.74) is 2.51. The Morgan fingerprint density at radius 2 is 2.00 bits per heavy atom. The molecule has 3 atom stereocenters. The number of aliphatic imine (C=N–C) groups is 1. The smallest absolute Gasteiger partial charge is 0.0683 e. The number of aliphatic hydroxyl groups excluding tert-OH is 1. The minimum atomic E-state index is -0.241. The van der Waals surface area contributed by atoms with Crippen LogP contribution in [0.15, 0.2) is 59.7 Å². The Kier molecular flexibility index (Phi) is 3.53. The van der Waals surface area contributed by atoms with Gasteiger partial charge in [-0.05, 0) is 29.2 Å². The van der Waals surface area contributed by atoms with Gasteiger partial charge >= 0.3 is 0 Å². The van der Waals surface area contributed by atoms with Crippen LogP contribution in [-0.4, -0.2) is 29.5 Å². The van der Waals surface area contributed by atoms with E-state index in [0.29, 0.717) is 12.5 Å². The molecule has 1 saturated heterocycles. The van der Waals surface area contributed by atoms with E-state index >= 15 is 0 Å². The van der Waals surface area contributed by atoms with Gasteiger partial charge in [-0.15, -0.1) is 0 Å². The molecule has 2 aromatic rings. The Morgan fingerprint density at radius 1 is 1.14 bits per heavy atom. The van der Waals surface area contributed by atoms with E-state index in [1.807, 2.05) is 6.20 Å². The molecule has 0 radical (unpaired) electrons. The Bertz CT molecular complexity index is 750. The van der Waals surface area contributed by atoms with E-state index < -0.39 is 0 Å². The Labute approximate surface area is 130 Å². The highest BCUT2D eigenvalue weighted by molar-refractivity contribution is 5.95. The summed E-state index contributed by atoms with van der Waals surface area (Å²) in [6, 6.07) is 15.4. The third kappa shape index (κ3) is 2.58. The van der Waals surface area contributed by atoms with Crippen LogP contribution in [-0.2, 0) is 6.42 Å². The van der Waals surface area contributed by atoms with E-state index in [0.717, 1.165) is 12.8 Å². The summed E-state index contributed by atoms with van der Waals surface area (Å²) in [4.78, 5) is 4.55. The summed E-state index contributed by atoms with van der Waals surface area (Å²) in [6.07, 6.45) is 5.59. The van der Waals surface area contributed by atoms with Gasteiger partial charge in [-0.1, -0.05) is 48.5 Å². The quantitative estimate of drug-likeness (QED) is 0.913. The number of hydrogen-bond donors (Lipinski definition) is 2. The summed E-state index contributed by atoms with van der Waals surface area (Å²) in [6.45, 7) is 0.673. The monoisotopic (exact) mass is 292 g/mol. The lowest BCUT2D eigenvalue weighted by atomic mass is 9.90. The minimum absolute atomic E-state index is 0.218. The SMILES string of the molecule is O[C@H]1CN[C@H](C2=NC=CC2Cc2ccc3ccccc3c2)C1. The van der Waals surface area contributed by atoms with Crippen LogP contribution in [0.3, 0.4) is 0 Å². The highest BCUT2D eigenvalue weighted by atomic mass is 16.3. The first-order valence-electron chi connectivity index (χ1n) is 7.93. The molecule has 1 unspecified atom stereocenters. The molecule has 4 rings (SSSR count). The molecule has 3 nitrogen and oxygen atoms in total. The van der Waals surface area contributed by atoms with Gasteiger partial charge in [-0.3, -0.25) is 4.99 Å². The first-order valence-corrected chi connectivity index (χ1v) is 7.93. The molecule has 0 amide bonds. The van der Waals surface area contributed by atoms with Crippen LogP contribution in [0, 0.1) is 5.92 Å². The second-order valence-corrected chi connectivity index (χ2v) is 6.24. The van der Waals surface area contributed by atoms with E-state index in [1.54, 1.807) is 0 Å². The van der Waals surface area contributed by atoms with Crippen molar-refractivity contribution in [3.05, 3.63) is 60.3 Å². The predicted molar refractivity (Wildman–Crippen MR) is 90.1 cm³/mol. The maximum atomic E-state index is 9.72. The van der Waals surface area contributed by atoms with E-state index in [2.05, 4.69) is 58.8 Å². The van der Waals surface area contributed by atoms with Crippen molar-refractivity contribution in [3.63, 3.8) is 0 Å². The van der Waals surface area contributed by atoms with E-state index in [9.17, 15) is 5.11 Å². The molecule has 1 fully saturated rings. The third-order valence-corrected chi connectivity index (χ3v) is 4.66. The van der Waals surface area contributed by atoms with Crippen LogP contribution in [0.1, 0.15) is 12.0 Å². The molecule has 0 bridgehead atoms. The fourth-order valence-corrected chi connectivity index (χ4v) is 3.51. The Balaban J connectivity index is 1.54. The number of β-amino-alcohol motifs (C(OH)–C–C–N with tert-alkyl or cyclic N) is 1. The zero-order chi connectivity index (χ0) is 14.9. The van der Waals surface area contributed by atoms with Gasteiger partial charge < -0.3 is 10.4 Å². The molecule has 0 aromatic heterocycles. The third-order valence-electron chi connectivity index (χ3n) is 4.66. The van der Waals surface area contributed by atoms with Crippen LogP contribution in [0.5, 0.6) is 0 Å². The summed E-state index contributed by atoms with van der Waals surface area (Å²) in [5.74, 6) is 0.337. The molecule has 0 saturated carbocycles. The molecule has 22 heavy (non-hydrogen) atoms. The molecule has 3 heteroatoms. The number of benzene rings is 2. The molecule has 2 aromatic carbocycles. The van der Waals surface area contributed by atoms with Crippen molar-refractivity contribution >= 4 is 16.5 Å². The Hall–Kier alpha value is -1.97. The highest BCUT2D eigenvalue weighted by Gasteiger charge is 2.31. The lowest BCUT2D eigenvalue weighted by Gasteiger charge is -2.18. The summed E-state index contributed by atoms with van der Waals surface area (Å²) in [7, 11) is 0. The van der Waals surface area contributed by atoms with Gasteiger partial charge in [0, 0.05) is 30.4 Å². The van der Waals surface area contributed by atoms with Crippen molar-refractivity contribution < 1.29 is 5.11 Å². The number of nitrogens with zero attached hydrogens (tertiary/aromatic N) is 1. The summed E-state index contributed by atoms with van der Waals surface area (Å²) >= 11 is 0. The lowest BCUT2D eigenvalue weighted by Crippen LogP contribution is -2.34. The molecule has 2 N–H and O–H groups in total. The maximum Gasteiger partial charge on any atom is 0.0683 e. The average Bonchev–Trinajstić information content (AvgIpc) is 3.16. The second-order valence-electron chi connectivity index (χ2n) is 6.24. The molecule has 2 aliphatic heterocycles. The van der Waals surface area contributed by atoms with Crippen LogP contribution in [0.25, 0.3) is 10.8 Å². The van der Waals surface area contributed by atoms with Gasteiger partial charge in [0.15, 0.2) is 0 Å². The number of hydrogen-bond acceptors (Lipinski definition) is 3. The van der Waals surface area contributed by atoms with Gasteiger partial charge in [-0.2, -0.15) is 0 Å². The molecule has 0 aliphatic carbocycles. The second kappa shape index (κ2) is 5.67. The van der Waals surface area contributed by atoms with E-state index in [1.165, 1.54) is 22.0 Å². The van der Waals surface area contributed by atoms with Crippen molar-refractivity contribution in [1.29, 1.82) is 0 Å². The standard InChI is InChI=1S/C19H20N2O/c22-17-11-18(21-12-17)19-16(7-8-20-19)10-13-5-6-14-3-1-2-4-15(14)9-13/h1-9,16-18,21-22H,10-12H2/t16?,17-,18+/m1/s1. The molecular formula is C19H20N2O. The van der Waals surface area contributed by atoms with Gasteiger partial charge in [0.25, 0.3) is 0 Å². The molecule has 0 spiro atoms. The van der Waals surface area contributed by atoms with Gasteiger partial charge in [-0.25, -0.2) is 0 Å². The van der Waals surface area contributed by atoms with Gasteiger partial charge in [0.2, 0.25) is 0 Å². The summed E-state index contributed by atoms with van der Waals surface area (Å²) in [5, 5.41) is 15.7. The number of fused-ring (bicyclic) bond motifs is 1. The Morgan fingerprint density at radius 3 is 2.82 bits per heavy atom. The predicted octanol–water partition coefficient (Wildman–Crippen LogP) is 2.69. The van der Waals surface area contributed by atoms with Crippen LogP contribution in [0.2, 0.25) is 0 Å². The van der Waals surface area contributed by atoms with Crippen LogP contribution < -0.4 is 5.32 Å². The topological polar surface area (TPSA) is 44.6 Å². The van der Waals surface area contributed by atoms with Gasteiger partial charge in [0.05, 0.1) is 6.10 Å². The maximum absolute atomic E-state index is 9.72. The largest absolute Gasteiger partial charge is 0.392 e. The fraction of sp³-hybridized carbons (Fsp3) is 0.316. The van der Waals surface area contributed by atoms with Crippen molar-refractivity contribution in [2.24, 2.45) is 10.9 Å².